The molecule has 0 amide bonds. The standard InChI is InChI=1S/C27H30N2O3.C26H28N2O3.Na.H2O/c1-19(2)32-24-9-7-21(15-28-24)5-4-20-6-8-22-13-26(14-23(22)12-20)16-29(17-26)18-27(10-11-27)25(30)31-3;1-18(2)31-23-8-6-20(14-27-23)4-3-19-5-7-21-12-25(13-22(21)11-19)15-28(16-25)17-26(9-10-26)24(29)30;;/h6-9,12,15,19H,10-11,13-14,16-18H2,1-3H3;5-8,11,14,18H,9-10,12-13,15-17H2,1-2H3,(H,29,30);;1H2/q;;+1;/p-1. The number of carbonyl (C=O) groups excluding carboxylic acids is 1. The van der Waals surface area contributed by atoms with E-state index in [0.717, 1.165) is 106 Å². The summed E-state index contributed by atoms with van der Waals surface area (Å²) < 4.78 is 16.2. The quantitative estimate of drug-likeness (QED) is 0.140. The third kappa shape index (κ3) is 10.9. The van der Waals surface area contributed by atoms with Crippen LogP contribution in [0.5, 0.6) is 11.8 Å². The number of benzene rings is 2. The number of carboxylic acids is 1. The van der Waals surface area contributed by atoms with Gasteiger partial charge in [-0.3, -0.25) is 9.59 Å². The second-order valence-electron chi connectivity index (χ2n) is 19.9. The van der Waals surface area contributed by atoms with E-state index >= 15 is 0 Å². The van der Waals surface area contributed by atoms with Gasteiger partial charge in [0, 0.05) is 96.9 Å². The van der Waals surface area contributed by atoms with Gasteiger partial charge in [0.1, 0.15) is 0 Å². The Morgan fingerprint density at radius 1 is 0.615 bits per heavy atom. The van der Waals surface area contributed by atoms with Gasteiger partial charge in [-0.2, -0.15) is 0 Å². The maximum Gasteiger partial charge on any atom is 1.00 e. The average molecular weight is 887 g/mol. The van der Waals surface area contributed by atoms with E-state index in [0.29, 0.717) is 29.1 Å². The fourth-order valence-corrected chi connectivity index (χ4v) is 10.4. The van der Waals surface area contributed by atoms with Crippen LogP contribution in [-0.2, 0) is 40.0 Å². The van der Waals surface area contributed by atoms with Crippen LogP contribution >= 0.6 is 0 Å². The topological polar surface area (TPSA) is 144 Å². The molecule has 4 aromatic rings. The fraction of sp³-hybridized carbons (Fsp3) is 0.472. The summed E-state index contributed by atoms with van der Waals surface area (Å²) in [4.78, 5) is 36.9. The molecular formula is C53H59N4NaO7. The minimum atomic E-state index is -0.622. The van der Waals surface area contributed by atoms with Crippen molar-refractivity contribution in [3.63, 3.8) is 0 Å². The van der Waals surface area contributed by atoms with E-state index in [4.69, 9.17) is 14.2 Å². The molecule has 2 N–H and O–H groups in total. The van der Waals surface area contributed by atoms with E-state index in [2.05, 4.69) is 79.8 Å². The van der Waals surface area contributed by atoms with Gasteiger partial charge >= 0.3 is 41.5 Å². The number of esters is 1. The monoisotopic (exact) mass is 886 g/mol. The van der Waals surface area contributed by atoms with Crippen molar-refractivity contribution in [2.24, 2.45) is 21.7 Å². The van der Waals surface area contributed by atoms with E-state index in [1.807, 2.05) is 52.0 Å². The van der Waals surface area contributed by atoms with Crippen LogP contribution in [0, 0.1) is 45.3 Å². The number of hydrogen-bond acceptors (Lipinski definition) is 10. The molecule has 2 saturated carbocycles. The second kappa shape index (κ2) is 19.2. The first-order valence-corrected chi connectivity index (χ1v) is 22.5. The van der Waals surface area contributed by atoms with Crippen LogP contribution in [-0.4, -0.2) is 101 Å². The number of hydrogen-bond donors (Lipinski definition) is 1. The van der Waals surface area contributed by atoms with Gasteiger partial charge in [-0.1, -0.05) is 35.8 Å². The van der Waals surface area contributed by atoms with Gasteiger partial charge in [0.25, 0.3) is 0 Å². The Morgan fingerprint density at radius 3 is 1.35 bits per heavy atom. The Balaban J connectivity index is 0.000000188. The van der Waals surface area contributed by atoms with Crippen molar-refractivity contribution in [1.29, 1.82) is 0 Å². The molecule has 0 unspecified atom stereocenters. The molecule has 2 aromatic heterocycles. The van der Waals surface area contributed by atoms with Gasteiger partial charge in [0.2, 0.25) is 11.8 Å². The number of fused-ring (bicyclic) bond motifs is 2. The molecule has 4 fully saturated rings. The normalized spacial score (nSPS) is 19.2. The minimum Gasteiger partial charge on any atom is -0.870 e. The van der Waals surface area contributed by atoms with E-state index in [9.17, 15) is 14.7 Å². The number of aromatic nitrogens is 2. The average Bonchev–Trinajstić information content (AvgIpc) is 4.13. The van der Waals surface area contributed by atoms with Gasteiger partial charge in [0.05, 0.1) is 30.1 Å². The molecule has 334 valence electrons. The number of aliphatic carboxylic acids is 1. The van der Waals surface area contributed by atoms with Gasteiger partial charge in [-0.15, -0.1) is 0 Å². The molecule has 11 nitrogen and oxygen atoms in total. The summed E-state index contributed by atoms with van der Waals surface area (Å²) in [6.07, 6.45) is 11.7. The molecule has 6 aliphatic rings. The van der Waals surface area contributed by atoms with Crippen LogP contribution in [0.4, 0.5) is 0 Å². The van der Waals surface area contributed by atoms with Crippen LogP contribution in [0.1, 0.15) is 97.9 Å². The molecule has 0 radical (unpaired) electrons. The zero-order chi connectivity index (χ0) is 44.0. The Labute approximate surface area is 405 Å². The molecule has 2 spiro atoms. The van der Waals surface area contributed by atoms with Crippen molar-refractivity contribution in [1.82, 2.24) is 19.8 Å². The second-order valence-corrected chi connectivity index (χ2v) is 19.9. The van der Waals surface area contributed by atoms with E-state index < -0.39 is 11.4 Å². The third-order valence-corrected chi connectivity index (χ3v) is 13.6. The fourth-order valence-electron chi connectivity index (χ4n) is 10.4. The zero-order valence-electron chi connectivity index (χ0n) is 38.7. The van der Waals surface area contributed by atoms with Crippen LogP contribution in [0.3, 0.4) is 0 Å². The molecule has 12 heteroatoms. The van der Waals surface area contributed by atoms with Crippen molar-refractivity contribution >= 4 is 11.9 Å². The number of nitrogens with zero attached hydrogens (tertiary/aromatic N) is 4. The smallest absolute Gasteiger partial charge is 0.870 e. The largest absolute Gasteiger partial charge is 1.00 e. The summed E-state index contributed by atoms with van der Waals surface area (Å²) in [7, 11) is 1.50. The number of ether oxygens (including phenoxy) is 3. The Bertz CT molecular complexity index is 2510. The van der Waals surface area contributed by atoms with Crippen LogP contribution in [0.25, 0.3) is 0 Å². The summed E-state index contributed by atoms with van der Waals surface area (Å²) in [5.41, 5.74) is 9.44. The number of carboxylic acid groups (broad SMARTS) is 1. The summed E-state index contributed by atoms with van der Waals surface area (Å²) >= 11 is 0. The minimum absolute atomic E-state index is 0. The number of rotatable bonds is 10. The number of likely N-dealkylation sites (tertiary alicyclic amines) is 2. The predicted molar refractivity (Wildman–Crippen MR) is 242 cm³/mol. The molecule has 0 atom stereocenters. The van der Waals surface area contributed by atoms with Crippen molar-refractivity contribution in [2.45, 2.75) is 91.3 Å². The third-order valence-electron chi connectivity index (χ3n) is 13.6. The van der Waals surface area contributed by atoms with Crippen molar-refractivity contribution in [3.8, 4) is 35.4 Å². The van der Waals surface area contributed by atoms with Crippen molar-refractivity contribution in [3.05, 3.63) is 118 Å². The summed E-state index contributed by atoms with van der Waals surface area (Å²) in [5.74, 6) is 13.6. The van der Waals surface area contributed by atoms with E-state index in [1.165, 1.54) is 29.4 Å². The summed E-state index contributed by atoms with van der Waals surface area (Å²) in [6, 6.07) is 20.8. The number of pyridine rings is 2. The van der Waals surface area contributed by atoms with Gasteiger partial charge < -0.3 is 34.6 Å². The maximum absolute atomic E-state index is 12.1. The molecule has 2 saturated heterocycles. The molecule has 0 bridgehead atoms. The molecule has 4 aliphatic carbocycles. The Kier molecular flexibility index (Phi) is 14.3. The molecule has 2 aromatic carbocycles. The molecule has 65 heavy (non-hydrogen) atoms. The van der Waals surface area contributed by atoms with Crippen LogP contribution in [0.15, 0.2) is 73.1 Å². The SMILES string of the molecule is CC(C)Oc1ccc(C#Cc2ccc3c(c2)CC2(C3)CN(CC3(C(=O)O)CC3)C2)cn1.COC(=O)C1(CN2CC3(Cc4ccc(C#Cc5ccc(OC(C)C)nc5)cc4C3)C2)CC1.[Na+].[OH-]. The molecular weight excluding hydrogens is 828 g/mol. The predicted octanol–water partition coefficient (Wildman–Crippen LogP) is 3.98. The van der Waals surface area contributed by atoms with Crippen LogP contribution < -0.4 is 39.0 Å². The number of methoxy groups -OCH3 is 1. The summed E-state index contributed by atoms with van der Waals surface area (Å²) in [6.45, 7) is 13.6. The maximum atomic E-state index is 12.1. The number of carbonyl (C=O) groups is 2. The van der Waals surface area contributed by atoms with Crippen LogP contribution in [0.2, 0.25) is 0 Å². The first-order valence-electron chi connectivity index (χ1n) is 22.5. The zero-order valence-corrected chi connectivity index (χ0v) is 40.7. The Morgan fingerprint density at radius 2 is 1.00 bits per heavy atom. The van der Waals surface area contributed by atoms with Gasteiger partial charge in [-0.25, -0.2) is 9.97 Å². The molecule has 10 rings (SSSR count). The van der Waals surface area contributed by atoms with Crippen molar-refractivity contribution < 1.29 is 63.9 Å². The first-order chi connectivity index (χ1) is 30.2. The van der Waals surface area contributed by atoms with Gasteiger partial charge in [0.15, 0.2) is 0 Å². The molecule has 2 aliphatic heterocycles. The molecule has 4 heterocycles. The van der Waals surface area contributed by atoms with Gasteiger partial charge in [-0.05, 0) is 138 Å². The van der Waals surface area contributed by atoms with E-state index in [-0.39, 0.29) is 58.6 Å². The van der Waals surface area contributed by atoms with E-state index in [1.54, 1.807) is 12.4 Å². The summed E-state index contributed by atoms with van der Waals surface area (Å²) in [5, 5.41) is 9.43. The van der Waals surface area contributed by atoms with Crippen molar-refractivity contribution in [2.75, 3.05) is 46.4 Å². The first kappa shape index (κ1) is 48.2. The Hall–Kier alpha value is -4.72.